The van der Waals surface area contributed by atoms with Crippen LogP contribution in [0.25, 0.3) is 22.2 Å². The van der Waals surface area contributed by atoms with Crippen molar-refractivity contribution in [2.24, 2.45) is 0 Å². The zero-order valence-electron chi connectivity index (χ0n) is 21.3. The lowest BCUT2D eigenvalue weighted by Crippen LogP contribution is -2.47. The molecule has 7 nitrogen and oxygen atoms in total. The number of carbonyl (C=O) groups is 1. The van der Waals surface area contributed by atoms with Crippen molar-refractivity contribution in [2.75, 3.05) is 48.4 Å². The summed E-state index contributed by atoms with van der Waals surface area (Å²) in [5.74, 6) is 1.05. The molecule has 1 saturated heterocycles. The Morgan fingerprint density at radius 2 is 1.54 bits per heavy atom. The quantitative estimate of drug-likeness (QED) is 0.288. The minimum absolute atomic E-state index is 0.0711. The van der Waals surface area contributed by atoms with E-state index in [1.54, 1.807) is 13.2 Å². The van der Waals surface area contributed by atoms with E-state index in [0.717, 1.165) is 22.7 Å². The lowest BCUT2D eigenvalue weighted by molar-refractivity contribution is 0.104. The van der Waals surface area contributed by atoms with E-state index in [0.29, 0.717) is 65.3 Å². The number of nitrogens with zero attached hydrogens (tertiary/aromatic N) is 3. The number of para-hydroxylation sites is 1. The molecule has 0 saturated carbocycles. The molecular weight excluding hydrogens is 495 g/mol. The summed E-state index contributed by atoms with van der Waals surface area (Å²) in [6.45, 7) is 2.63. The van der Waals surface area contributed by atoms with Crippen LogP contribution in [0.15, 0.2) is 83.4 Å². The van der Waals surface area contributed by atoms with Crippen LogP contribution in [0.1, 0.15) is 15.9 Å². The SMILES string of the molecule is COc1ccc(Nc2cc(N3CCN(c4ccccc4F)CC3)c3noc4c3c2C(=O)c2ccccc2-4)cc1. The van der Waals surface area contributed by atoms with Gasteiger partial charge in [-0.3, -0.25) is 4.79 Å². The molecule has 1 aromatic heterocycles. The largest absolute Gasteiger partial charge is 0.497 e. The fourth-order valence-corrected chi connectivity index (χ4v) is 5.61. The van der Waals surface area contributed by atoms with E-state index in [-0.39, 0.29) is 11.6 Å². The molecule has 0 bridgehead atoms. The number of carbonyl (C=O) groups excluding carboxylic acids is 1. The minimum Gasteiger partial charge on any atom is -0.497 e. The van der Waals surface area contributed by atoms with Crippen molar-refractivity contribution >= 4 is 39.4 Å². The number of halogens is 1. The van der Waals surface area contributed by atoms with Crippen LogP contribution in [0.4, 0.5) is 27.1 Å². The third-order valence-corrected chi connectivity index (χ3v) is 7.56. The molecule has 0 radical (unpaired) electrons. The van der Waals surface area contributed by atoms with Crippen molar-refractivity contribution in [3.63, 3.8) is 0 Å². The molecule has 4 aromatic carbocycles. The van der Waals surface area contributed by atoms with Gasteiger partial charge in [0.05, 0.1) is 35.1 Å². The third-order valence-electron chi connectivity index (χ3n) is 7.56. The maximum atomic E-state index is 14.4. The number of ether oxygens (including phenoxy) is 1. The molecular formula is C31H25FN4O3. The molecule has 0 amide bonds. The molecule has 39 heavy (non-hydrogen) atoms. The number of nitrogens with one attached hydrogen (secondary N) is 1. The van der Waals surface area contributed by atoms with Gasteiger partial charge in [-0.05, 0) is 42.5 Å². The summed E-state index contributed by atoms with van der Waals surface area (Å²) in [7, 11) is 1.63. The average molecular weight is 521 g/mol. The molecule has 7 rings (SSSR count). The molecule has 1 N–H and O–H groups in total. The van der Waals surface area contributed by atoms with E-state index >= 15 is 0 Å². The smallest absolute Gasteiger partial charge is 0.196 e. The fraction of sp³-hybridized carbons (Fsp3) is 0.161. The summed E-state index contributed by atoms with van der Waals surface area (Å²) >= 11 is 0. The van der Waals surface area contributed by atoms with Gasteiger partial charge in [-0.1, -0.05) is 41.6 Å². The number of hydrogen-bond acceptors (Lipinski definition) is 7. The molecule has 0 spiro atoms. The van der Waals surface area contributed by atoms with Crippen LogP contribution in [0.5, 0.6) is 5.75 Å². The Kier molecular flexibility index (Phi) is 5.47. The fourth-order valence-electron chi connectivity index (χ4n) is 5.61. The van der Waals surface area contributed by atoms with Gasteiger partial charge in [0, 0.05) is 43.0 Å². The first-order chi connectivity index (χ1) is 19.1. The van der Waals surface area contributed by atoms with Crippen molar-refractivity contribution in [2.45, 2.75) is 0 Å². The Morgan fingerprint density at radius 1 is 0.872 bits per heavy atom. The normalized spacial score (nSPS) is 14.5. The van der Waals surface area contributed by atoms with Crippen LogP contribution in [0, 0.1) is 5.82 Å². The summed E-state index contributed by atoms with van der Waals surface area (Å²) in [4.78, 5) is 18.1. The van der Waals surface area contributed by atoms with E-state index in [9.17, 15) is 9.18 Å². The highest BCUT2D eigenvalue weighted by Crippen LogP contribution is 2.46. The van der Waals surface area contributed by atoms with Gasteiger partial charge >= 0.3 is 0 Å². The predicted molar refractivity (Wildman–Crippen MR) is 150 cm³/mol. The van der Waals surface area contributed by atoms with Crippen LogP contribution in [-0.4, -0.2) is 44.2 Å². The third kappa shape index (κ3) is 3.79. The van der Waals surface area contributed by atoms with Crippen molar-refractivity contribution in [3.8, 4) is 17.1 Å². The van der Waals surface area contributed by atoms with Crippen LogP contribution < -0.4 is 19.9 Å². The summed E-state index contributed by atoms with van der Waals surface area (Å²) < 4.78 is 25.6. The Labute approximate surface area is 224 Å². The molecule has 1 fully saturated rings. The lowest BCUT2D eigenvalue weighted by atomic mass is 9.86. The Morgan fingerprint density at radius 3 is 2.26 bits per heavy atom. The van der Waals surface area contributed by atoms with Crippen LogP contribution in [0.3, 0.4) is 0 Å². The van der Waals surface area contributed by atoms with E-state index in [1.165, 1.54) is 6.07 Å². The van der Waals surface area contributed by atoms with Gasteiger partial charge in [-0.15, -0.1) is 0 Å². The number of hydrogen-bond donors (Lipinski definition) is 1. The molecule has 194 valence electrons. The van der Waals surface area contributed by atoms with Gasteiger partial charge in [-0.25, -0.2) is 4.39 Å². The van der Waals surface area contributed by atoms with Crippen molar-refractivity contribution in [1.82, 2.24) is 5.16 Å². The van der Waals surface area contributed by atoms with E-state index in [4.69, 9.17) is 9.26 Å². The minimum atomic E-state index is -0.218. The first-order valence-electron chi connectivity index (χ1n) is 12.9. The van der Waals surface area contributed by atoms with Gasteiger partial charge in [-0.2, -0.15) is 0 Å². The number of benzene rings is 4. The number of ketones is 1. The Hall–Kier alpha value is -4.85. The topological polar surface area (TPSA) is 70.8 Å². The molecule has 1 aliphatic carbocycles. The highest BCUT2D eigenvalue weighted by molar-refractivity contribution is 6.28. The summed E-state index contributed by atoms with van der Waals surface area (Å²) in [6, 6.07) is 23.9. The molecule has 0 atom stereocenters. The van der Waals surface area contributed by atoms with Crippen LogP contribution >= 0.6 is 0 Å². The second-order valence-corrected chi connectivity index (χ2v) is 9.71. The van der Waals surface area contributed by atoms with E-state index in [2.05, 4.69) is 20.3 Å². The Bertz CT molecular complexity index is 1720. The van der Waals surface area contributed by atoms with Crippen molar-refractivity contribution in [3.05, 3.63) is 95.8 Å². The van der Waals surface area contributed by atoms with Crippen molar-refractivity contribution < 1.29 is 18.4 Å². The monoisotopic (exact) mass is 520 g/mol. The number of fused-ring (bicyclic) bond motifs is 2. The predicted octanol–water partition coefficient (Wildman–Crippen LogP) is 6.26. The number of anilines is 4. The number of methoxy groups -OCH3 is 1. The Balaban J connectivity index is 1.32. The summed E-state index contributed by atoms with van der Waals surface area (Å²) in [6.07, 6.45) is 0. The van der Waals surface area contributed by atoms with Gasteiger partial charge in [0.25, 0.3) is 0 Å². The standard InChI is InChI=1S/C31H25FN4O3/c1-38-20-12-10-19(11-13-20)33-24-18-26(36-16-14-35(15-17-36)25-9-5-4-8-23(25)32)29-28-27(24)30(37)21-6-2-3-7-22(21)31(28)39-34-29/h2-13,18,33H,14-17H2,1H3. The van der Waals surface area contributed by atoms with Crippen LogP contribution in [-0.2, 0) is 0 Å². The van der Waals surface area contributed by atoms with Gasteiger partial charge in [0.15, 0.2) is 11.5 Å². The molecule has 1 aliphatic heterocycles. The number of piperazine rings is 1. The average Bonchev–Trinajstić information content (AvgIpc) is 3.42. The summed E-state index contributed by atoms with van der Waals surface area (Å²) in [5.41, 5.74) is 5.53. The second kappa shape index (κ2) is 9.16. The van der Waals surface area contributed by atoms with E-state index in [1.807, 2.05) is 66.7 Å². The number of aromatic nitrogens is 1. The molecule has 2 aliphatic rings. The molecule has 8 heteroatoms. The van der Waals surface area contributed by atoms with Gasteiger partial charge in [0.2, 0.25) is 0 Å². The van der Waals surface area contributed by atoms with Gasteiger partial charge < -0.3 is 24.4 Å². The summed E-state index contributed by atoms with van der Waals surface area (Å²) in [5, 5.41) is 8.65. The first kappa shape index (κ1) is 23.3. The van der Waals surface area contributed by atoms with Gasteiger partial charge in [0.1, 0.15) is 17.1 Å². The molecule has 2 heterocycles. The lowest BCUT2D eigenvalue weighted by Gasteiger charge is -2.37. The highest BCUT2D eigenvalue weighted by atomic mass is 19.1. The maximum Gasteiger partial charge on any atom is 0.196 e. The van der Waals surface area contributed by atoms with Crippen molar-refractivity contribution in [1.29, 1.82) is 0 Å². The second-order valence-electron chi connectivity index (χ2n) is 9.71. The first-order valence-corrected chi connectivity index (χ1v) is 12.9. The molecule has 0 unspecified atom stereocenters. The molecule has 5 aromatic rings. The van der Waals surface area contributed by atoms with Crippen LogP contribution in [0.2, 0.25) is 0 Å². The maximum absolute atomic E-state index is 14.4. The highest BCUT2D eigenvalue weighted by Gasteiger charge is 2.34. The zero-order valence-corrected chi connectivity index (χ0v) is 21.3. The number of rotatable bonds is 5. The van der Waals surface area contributed by atoms with E-state index < -0.39 is 0 Å². The zero-order chi connectivity index (χ0) is 26.5.